The van der Waals surface area contributed by atoms with Crippen LogP contribution in [0, 0.1) is 0 Å². The molecule has 0 saturated carbocycles. The maximum Gasteiger partial charge on any atom is 0.261 e. The fourth-order valence-corrected chi connectivity index (χ4v) is 3.87. The summed E-state index contributed by atoms with van der Waals surface area (Å²) in [6.45, 7) is 0.528. The highest BCUT2D eigenvalue weighted by Crippen LogP contribution is 2.36. The van der Waals surface area contributed by atoms with E-state index in [4.69, 9.17) is 0 Å². The Morgan fingerprint density at radius 3 is 2.59 bits per heavy atom. The summed E-state index contributed by atoms with van der Waals surface area (Å²) in [7, 11) is 0. The molecular weight excluding hydrogens is 360 g/mol. The Kier molecular flexibility index (Phi) is 4.65. The molecule has 3 nitrogen and oxygen atoms in total. The molecule has 110 valence electrons. The summed E-state index contributed by atoms with van der Waals surface area (Å²) in [6.07, 6.45) is 3.49. The Morgan fingerprint density at radius 1 is 1.14 bits per heavy atom. The topological polar surface area (TPSA) is 42.0 Å². The SMILES string of the molecule is O=C(NCc1ccccc1)c1cc(Br)c(-c2ccncc2)s1. The van der Waals surface area contributed by atoms with E-state index < -0.39 is 0 Å². The van der Waals surface area contributed by atoms with E-state index in [0.717, 1.165) is 20.5 Å². The van der Waals surface area contributed by atoms with Gasteiger partial charge >= 0.3 is 0 Å². The standard InChI is InChI=1S/C17H13BrN2OS/c18-14-10-15(22-16(14)13-6-8-19-9-7-13)17(21)20-11-12-4-2-1-3-5-12/h1-10H,11H2,(H,20,21). The number of halogens is 1. The quantitative estimate of drug-likeness (QED) is 0.732. The Balaban J connectivity index is 1.74. The zero-order valence-electron chi connectivity index (χ0n) is 11.6. The van der Waals surface area contributed by atoms with Crippen LogP contribution in [0.5, 0.6) is 0 Å². The maximum atomic E-state index is 12.3. The molecule has 0 atom stereocenters. The smallest absolute Gasteiger partial charge is 0.261 e. The van der Waals surface area contributed by atoms with Crippen LogP contribution < -0.4 is 5.32 Å². The van der Waals surface area contributed by atoms with Crippen molar-refractivity contribution >= 4 is 33.2 Å². The molecule has 3 aromatic rings. The van der Waals surface area contributed by atoms with Crippen molar-refractivity contribution in [3.05, 3.63) is 75.8 Å². The van der Waals surface area contributed by atoms with E-state index in [2.05, 4.69) is 26.2 Å². The highest BCUT2D eigenvalue weighted by molar-refractivity contribution is 9.10. The Hall–Kier alpha value is -1.98. The van der Waals surface area contributed by atoms with Gasteiger partial charge in [-0.25, -0.2) is 0 Å². The highest BCUT2D eigenvalue weighted by atomic mass is 79.9. The van der Waals surface area contributed by atoms with Gasteiger partial charge in [0.1, 0.15) is 0 Å². The third kappa shape index (κ3) is 3.43. The molecule has 0 aliphatic heterocycles. The first kappa shape index (κ1) is 14.9. The maximum absolute atomic E-state index is 12.3. The summed E-state index contributed by atoms with van der Waals surface area (Å²) in [4.78, 5) is 18.0. The number of rotatable bonds is 4. The zero-order chi connectivity index (χ0) is 15.4. The van der Waals surface area contributed by atoms with Gasteiger partial charge in [0, 0.05) is 28.3 Å². The molecule has 0 saturated heterocycles. The predicted molar refractivity (Wildman–Crippen MR) is 92.9 cm³/mol. The second-order valence-electron chi connectivity index (χ2n) is 4.69. The first-order chi connectivity index (χ1) is 10.7. The number of benzene rings is 1. The van der Waals surface area contributed by atoms with Crippen LogP contribution >= 0.6 is 27.3 Å². The molecule has 0 aliphatic carbocycles. The van der Waals surface area contributed by atoms with Crippen LogP contribution in [0.2, 0.25) is 0 Å². The van der Waals surface area contributed by atoms with E-state index in [1.165, 1.54) is 11.3 Å². The normalized spacial score (nSPS) is 10.4. The molecule has 3 rings (SSSR count). The Labute approximate surface area is 141 Å². The van der Waals surface area contributed by atoms with E-state index in [9.17, 15) is 4.79 Å². The largest absolute Gasteiger partial charge is 0.347 e. The molecule has 1 amide bonds. The molecule has 0 aliphatic rings. The molecule has 0 unspecified atom stereocenters. The number of nitrogens with zero attached hydrogens (tertiary/aromatic N) is 1. The lowest BCUT2D eigenvalue weighted by Gasteiger charge is -2.03. The van der Waals surface area contributed by atoms with Crippen LogP contribution in [0.3, 0.4) is 0 Å². The molecule has 5 heteroatoms. The van der Waals surface area contributed by atoms with Gasteiger partial charge in [-0.2, -0.15) is 0 Å². The zero-order valence-corrected chi connectivity index (χ0v) is 14.0. The van der Waals surface area contributed by atoms with Crippen LogP contribution in [0.15, 0.2) is 65.4 Å². The molecule has 1 aromatic carbocycles. The van der Waals surface area contributed by atoms with Gasteiger partial charge in [0.2, 0.25) is 0 Å². The summed E-state index contributed by atoms with van der Waals surface area (Å²) < 4.78 is 0.925. The fourth-order valence-electron chi connectivity index (χ4n) is 2.05. The molecule has 2 heterocycles. The number of aromatic nitrogens is 1. The highest BCUT2D eigenvalue weighted by Gasteiger charge is 2.14. The van der Waals surface area contributed by atoms with Crippen molar-refractivity contribution in [3.8, 4) is 10.4 Å². The summed E-state index contributed by atoms with van der Waals surface area (Å²) >= 11 is 5.00. The second kappa shape index (κ2) is 6.85. The molecule has 2 aromatic heterocycles. The third-order valence-corrected chi connectivity index (χ3v) is 5.22. The fraction of sp³-hybridized carbons (Fsp3) is 0.0588. The van der Waals surface area contributed by atoms with Crippen molar-refractivity contribution in [1.82, 2.24) is 10.3 Å². The monoisotopic (exact) mass is 372 g/mol. The van der Waals surface area contributed by atoms with Crippen LogP contribution in [0.4, 0.5) is 0 Å². The van der Waals surface area contributed by atoms with Crippen molar-refractivity contribution in [2.24, 2.45) is 0 Å². The average molecular weight is 373 g/mol. The number of pyridine rings is 1. The van der Waals surface area contributed by atoms with Crippen molar-refractivity contribution < 1.29 is 4.79 Å². The van der Waals surface area contributed by atoms with Crippen LogP contribution in [0.1, 0.15) is 15.2 Å². The number of hydrogen-bond acceptors (Lipinski definition) is 3. The number of thiophene rings is 1. The molecule has 22 heavy (non-hydrogen) atoms. The lowest BCUT2D eigenvalue weighted by molar-refractivity contribution is 0.0955. The van der Waals surface area contributed by atoms with Gasteiger partial charge in [-0.05, 0) is 45.3 Å². The Bertz CT molecular complexity index is 772. The van der Waals surface area contributed by atoms with Gasteiger partial charge in [-0.3, -0.25) is 9.78 Å². The number of carbonyl (C=O) groups is 1. The molecule has 0 fully saturated rings. The minimum Gasteiger partial charge on any atom is -0.347 e. The van der Waals surface area contributed by atoms with Crippen molar-refractivity contribution in [1.29, 1.82) is 0 Å². The number of hydrogen-bond donors (Lipinski definition) is 1. The summed E-state index contributed by atoms with van der Waals surface area (Å²) in [6, 6.07) is 15.6. The number of amides is 1. The van der Waals surface area contributed by atoms with Gasteiger partial charge in [0.25, 0.3) is 5.91 Å². The van der Waals surface area contributed by atoms with Gasteiger partial charge in [0.05, 0.1) is 4.88 Å². The molecule has 0 spiro atoms. The van der Waals surface area contributed by atoms with E-state index in [1.54, 1.807) is 12.4 Å². The Morgan fingerprint density at radius 2 is 1.86 bits per heavy atom. The van der Waals surface area contributed by atoms with E-state index in [1.807, 2.05) is 48.5 Å². The van der Waals surface area contributed by atoms with E-state index in [0.29, 0.717) is 11.4 Å². The van der Waals surface area contributed by atoms with Crippen molar-refractivity contribution in [3.63, 3.8) is 0 Å². The van der Waals surface area contributed by atoms with Crippen molar-refractivity contribution in [2.45, 2.75) is 6.54 Å². The molecule has 1 N–H and O–H groups in total. The summed E-state index contributed by atoms with van der Waals surface area (Å²) in [5.74, 6) is -0.0603. The molecule has 0 radical (unpaired) electrons. The predicted octanol–water partition coefficient (Wildman–Crippen LogP) is 4.50. The second-order valence-corrected chi connectivity index (χ2v) is 6.60. The summed E-state index contributed by atoms with van der Waals surface area (Å²) in [5, 5.41) is 2.95. The number of nitrogens with one attached hydrogen (secondary N) is 1. The van der Waals surface area contributed by atoms with E-state index >= 15 is 0 Å². The molecular formula is C17H13BrN2OS. The van der Waals surface area contributed by atoms with Crippen LogP contribution in [-0.4, -0.2) is 10.9 Å². The average Bonchev–Trinajstić information content (AvgIpc) is 2.96. The van der Waals surface area contributed by atoms with Gasteiger partial charge in [-0.15, -0.1) is 11.3 Å². The summed E-state index contributed by atoms with van der Waals surface area (Å²) in [5.41, 5.74) is 2.13. The first-order valence-electron chi connectivity index (χ1n) is 6.76. The lowest BCUT2D eigenvalue weighted by atomic mass is 10.2. The molecule has 0 bridgehead atoms. The van der Waals surface area contributed by atoms with Gasteiger partial charge in [0.15, 0.2) is 0 Å². The van der Waals surface area contributed by atoms with Crippen LogP contribution in [-0.2, 0) is 6.54 Å². The first-order valence-corrected chi connectivity index (χ1v) is 8.37. The third-order valence-electron chi connectivity index (χ3n) is 3.15. The lowest BCUT2D eigenvalue weighted by Crippen LogP contribution is -2.21. The van der Waals surface area contributed by atoms with Crippen molar-refractivity contribution in [2.75, 3.05) is 0 Å². The van der Waals surface area contributed by atoms with Gasteiger partial charge < -0.3 is 5.32 Å². The number of carbonyl (C=O) groups excluding carboxylic acids is 1. The minimum absolute atomic E-state index is 0.0603. The van der Waals surface area contributed by atoms with Crippen LogP contribution in [0.25, 0.3) is 10.4 Å². The van der Waals surface area contributed by atoms with E-state index in [-0.39, 0.29) is 5.91 Å². The van der Waals surface area contributed by atoms with Gasteiger partial charge in [-0.1, -0.05) is 30.3 Å². The minimum atomic E-state index is -0.0603.